The number of hydrogen-bond donors (Lipinski definition) is 1. The molecule has 2 rings (SSSR count). The fraction of sp³-hybridized carbons (Fsp3) is 0.583. The molecule has 4 heteroatoms. The minimum Gasteiger partial charge on any atom is -0.376 e. The molecule has 1 aliphatic heterocycles. The molecular formula is C12H19N3O. The molecular weight excluding hydrogens is 202 g/mol. The minimum absolute atomic E-state index is 0.362. The van der Waals surface area contributed by atoms with E-state index in [9.17, 15) is 0 Å². The van der Waals surface area contributed by atoms with Crippen molar-refractivity contribution in [3.05, 3.63) is 23.9 Å². The molecule has 0 bridgehead atoms. The Bertz CT molecular complexity index is 320. The largest absolute Gasteiger partial charge is 0.376 e. The lowest BCUT2D eigenvalue weighted by Gasteiger charge is -2.21. The van der Waals surface area contributed by atoms with Gasteiger partial charge in [0, 0.05) is 32.9 Å². The van der Waals surface area contributed by atoms with Crippen molar-refractivity contribution in [2.24, 2.45) is 5.73 Å². The highest BCUT2D eigenvalue weighted by Crippen LogP contribution is 2.16. The number of ether oxygens (including phenoxy) is 1. The van der Waals surface area contributed by atoms with Crippen molar-refractivity contribution in [3.8, 4) is 0 Å². The lowest BCUT2D eigenvalue weighted by Crippen LogP contribution is -2.29. The monoisotopic (exact) mass is 221 g/mol. The highest BCUT2D eigenvalue weighted by molar-refractivity contribution is 5.38. The van der Waals surface area contributed by atoms with E-state index < -0.39 is 0 Å². The average Bonchev–Trinajstić information content (AvgIpc) is 2.82. The molecule has 1 aliphatic rings. The lowest BCUT2D eigenvalue weighted by atomic mass is 10.2. The molecule has 1 saturated heterocycles. The molecule has 0 amide bonds. The zero-order valence-corrected chi connectivity index (χ0v) is 9.72. The maximum Gasteiger partial charge on any atom is 0.128 e. The summed E-state index contributed by atoms with van der Waals surface area (Å²) in [5.74, 6) is 0.979. The Balaban J connectivity index is 1.94. The summed E-state index contributed by atoms with van der Waals surface area (Å²) < 4.78 is 5.60. The van der Waals surface area contributed by atoms with Gasteiger partial charge in [-0.3, -0.25) is 0 Å². The summed E-state index contributed by atoms with van der Waals surface area (Å²) in [7, 11) is 2.05. The molecule has 0 saturated carbocycles. The van der Waals surface area contributed by atoms with Gasteiger partial charge in [0.15, 0.2) is 0 Å². The first-order chi connectivity index (χ1) is 7.79. The Kier molecular flexibility index (Phi) is 3.74. The lowest BCUT2D eigenvalue weighted by molar-refractivity contribution is 0.116. The second-order valence-electron chi connectivity index (χ2n) is 4.24. The van der Waals surface area contributed by atoms with E-state index in [1.165, 1.54) is 6.42 Å². The molecule has 0 aromatic carbocycles. The number of pyridine rings is 1. The summed E-state index contributed by atoms with van der Waals surface area (Å²) in [6.45, 7) is 2.36. The maximum atomic E-state index is 5.60. The van der Waals surface area contributed by atoms with Gasteiger partial charge in [-0.15, -0.1) is 0 Å². The normalized spacial score (nSPS) is 20.0. The van der Waals surface area contributed by atoms with E-state index in [4.69, 9.17) is 10.5 Å². The molecule has 1 unspecified atom stereocenters. The zero-order chi connectivity index (χ0) is 11.4. The summed E-state index contributed by atoms with van der Waals surface area (Å²) in [5.41, 5.74) is 6.60. The highest BCUT2D eigenvalue weighted by atomic mass is 16.5. The van der Waals surface area contributed by atoms with Gasteiger partial charge >= 0.3 is 0 Å². The van der Waals surface area contributed by atoms with Crippen LogP contribution in [0, 0.1) is 0 Å². The van der Waals surface area contributed by atoms with E-state index in [-0.39, 0.29) is 0 Å². The summed E-state index contributed by atoms with van der Waals surface area (Å²) in [6, 6.07) is 4.03. The Morgan fingerprint density at radius 2 is 2.44 bits per heavy atom. The number of nitrogens with zero attached hydrogens (tertiary/aromatic N) is 2. The van der Waals surface area contributed by atoms with Crippen LogP contribution in [-0.2, 0) is 11.3 Å². The van der Waals surface area contributed by atoms with Crippen LogP contribution in [0.4, 0.5) is 5.82 Å². The summed E-state index contributed by atoms with van der Waals surface area (Å²) in [5, 5.41) is 0. The van der Waals surface area contributed by atoms with E-state index in [1.807, 2.05) is 25.4 Å². The molecule has 0 spiro atoms. The first-order valence-electron chi connectivity index (χ1n) is 5.77. The number of anilines is 1. The fourth-order valence-corrected chi connectivity index (χ4v) is 1.95. The molecule has 0 aliphatic carbocycles. The van der Waals surface area contributed by atoms with Crippen LogP contribution < -0.4 is 10.6 Å². The minimum atomic E-state index is 0.362. The van der Waals surface area contributed by atoms with Gasteiger partial charge in [-0.25, -0.2) is 4.98 Å². The third kappa shape index (κ3) is 2.71. The van der Waals surface area contributed by atoms with Crippen LogP contribution in [0.15, 0.2) is 18.3 Å². The number of nitrogens with two attached hydrogens (primary N) is 1. The molecule has 0 radical (unpaired) electrons. The molecule has 1 atom stereocenters. The molecule has 2 N–H and O–H groups in total. The first kappa shape index (κ1) is 11.4. The van der Waals surface area contributed by atoms with Crippen LogP contribution in [0.5, 0.6) is 0 Å². The molecule has 2 heterocycles. The van der Waals surface area contributed by atoms with Crippen molar-refractivity contribution < 1.29 is 4.74 Å². The van der Waals surface area contributed by atoms with Crippen LogP contribution in [0.3, 0.4) is 0 Å². The molecule has 1 aromatic heterocycles. The third-order valence-electron chi connectivity index (χ3n) is 2.94. The van der Waals surface area contributed by atoms with Gasteiger partial charge in [-0.05, 0) is 24.5 Å². The van der Waals surface area contributed by atoms with Crippen LogP contribution in [-0.4, -0.2) is 31.3 Å². The van der Waals surface area contributed by atoms with Gasteiger partial charge in [-0.1, -0.05) is 6.07 Å². The van der Waals surface area contributed by atoms with Gasteiger partial charge in [0.25, 0.3) is 0 Å². The fourth-order valence-electron chi connectivity index (χ4n) is 1.95. The number of rotatable bonds is 4. The third-order valence-corrected chi connectivity index (χ3v) is 2.94. The van der Waals surface area contributed by atoms with Crippen molar-refractivity contribution in [3.63, 3.8) is 0 Å². The standard InChI is InChI=1S/C12H19N3O/c1-15(9-11-3-2-6-16-11)12-5-4-10(7-13)8-14-12/h4-5,8,11H,2-3,6-7,9,13H2,1H3. The van der Waals surface area contributed by atoms with Gasteiger partial charge in [-0.2, -0.15) is 0 Å². The summed E-state index contributed by atoms with van der Waals surface area (Å²) >= 11 is 0. The van der Waals surface area contributed by atoms with Gasteiger partial charge in [0.05, 0.1) is 6.10 Å². The Morgan fingerprint density at radius 3 is 3.00 bits per heavy atom. The van der Waals surface area contributed by atoms with Gasteiger partial charge in [0.2, 0.25) is 0 Å². The second kappa shape index (κ2) is 5.27. The predicted octanol–water partition coefficient (Wildman–Crippen LogP) is 1.16. The van der Waals surface area contributed by atoms with E-state index in [0.717, 1.165) is 31.0 Å². The highest BCUT2D eigenvalue weighted by Gasteiger charge is 2.17. The van der Waals surface area contributed by atoms with E-state index in [1.54, 1.807) is 0 Å². The first-order valence-corrected chi connectivity index (χ1v) is 5.77. The van der Waals surface area contributed by atoms with Crippen molar-refractivity contribution in [2.75, 3.05) is 25.1 Å². The van der Waals surface area contributed by atoms with Crippen molar-refractivity contribution in [1.82, 2.24) is 4.98 Å². The predicted molar refractivity (Wildman–Crippen MR) is 64.4 cm³/mol. The number of aromatic nitrogens is 1. The number of hydrogen-bond acceptors (Lipinski definition) is 4. The SMILES string of the molecule is CN(CC1CCCO1)c1ccc(CN)cn1. The van der Waals surface area contributed by atoms with Crippen LogP contribution in [0.1, 0.15) is 18.4 Å². The topological polar surface area (TPSA) is 51.4 Å². The number of likely N-dealkylation sites (N-methyl/N-ethyl adjacent to an activating group) is 1. The van der Waals surface area contributed by atoms with E-state index >= 15 is 0 Å². The molecule has 88 valence electrons. The summed E-state index contributed by atoms with van der Waals surface area (Å²) in [4.78, 5) is 6.52. The zero-order valence-electron chi connectivity index (χ0n) is 9.72. The second-order valence-corrected chi connectivity index (χ2v) is 4.24. The molecule has 16 heavy (non-hydrogen) atoms. The molecule has 4 nitrogen and oxygen atoms in total. The van der Waals surface area contributed by atoms with Crippen LogP contribution >= 0.6 is 0 Å². The van der Waals surface area contributed by atoms with Crippen LogP contribution in [0.2, 0.25) is 0 Å². The van der Waals surface area contributed by atoms with Crippen molar-refractivity contribution in [1.29, 1.82) is 0 Å². The quantitative estimate of drug-likeness (QED) is 0.829. The van der Waals surface area contributed by atoms with Gasteiger partial charge in [0.1, 0.15) is 5.82 Å². The molecule has 1 aromatic rings. The maximum absolute atomic E-state index is 5.60. The van der Waals surface area contributed by atoms with E-state index in [0.29, 0.717) is 12.6 Å². The van der Waals surface area contributed by atoms with Crippen molar-refractivity contribution in [2.45, 2.75) is 25.5 Å². The molecule has 1 fully saturated rings. The van der Waals surface area contributed by atoms with Crippen LogP contribution in [0.25, 0.3) is 0 Å². The van der Waals surface area contributed by atoms with Crippen molar-refractivity contribution >= 4 is 5.82 Å². The average molecular weight is 221 g/mol. The van der Waals surface area contributed by atoms with Gasteiger partial charge < -0.3 is 15.4 Å². The Labute approximate surface area is 96.4 Å². The van der Waals surface area contributed by atoms with E-state index in [2.05, 4.69) is 9.88 Å². The Hall–Kier alpha value is -1.13. The smallest absolute Gasteiger partial charge is 0.128 e. The Morgan fingerprint density at radius 1 is 1.56 bits per heavy atom. The summed E-state index contributed by atoms with van der Waals surface area (Å²) in [6.07, 6.45) is 4.53.